The van der Waals surface area contributed by atoms with Gasteiger partial charge in [-0.3, -0.25) is 9.58 Å². The van der Waals surface area contributed by atoms with Crippen molar-refractivity contribution in [2.45, 2.75) is 32.0 Å². The molecule has 0 saturated carbocycles. The molecular weight excluding hydrogens is 288 g/mol. The summed E-state index contributed by atoms with van der Waals surface area (Å²) in [6, 6.07) is 14.7. The van der Waals surface area contributed by atoms with Crippen molar-refractivity contribution in [3.05, 3.63) is 60.6 Å². The van der Waals surface area contributed by atoms with Crippen LogP contribution in [0.5, 0.6) is 0 Å². The van der Waals surface area contributed by atoms with E-state index in [1.165, 1.54) is 12.8 Å². The number of rotatable bonds is 5. The van der Waals surface area contributed by atoms with Crippen molar-refractivity contribution in [1.82, 2.24) is 19.8 Å². The Morgan fingerprint density at radius 2 is 2.09 bits per heavy atom. The molecule has 0 radical (unpaired) electrons. The van der Waals surface area contributed by atoms with E-state index in [0.717, 1.165) is 36.7 Å². The lowest BCUT2D eigenvalue weighted by Gasteiger charge is -2.22. The molecule has 1 fully saturated rings. The highest BCUT2D eigenvalue weighted by Gasteiger charge is 2.26. The first-order chi connectivity index (χ1) is 11.4. The van der Waals surface area contributed by atoms with Crippen LogP contribution in [0.1, 0.15) is 18.6 Å². The Bertz CT molecular complexity index is 735. The Kier molecular flexibility index (Phi) is 3.94. The molecule has 118 valence electrons. The minimum Gasteiger partial charge on any atom is -0.359 e. The maximum absolute atomic E-state index is 5.55. The van der Waals surface area contributed by atoms with E-state index in [0.29, 0.717) is 6.04 Å². The molecule has 0 bridgehead atoms. The van der Waals surface area contributed by atoms with Crippen LogP contribution in [-0.2, 0) is 13.1 Å². The van der Waals surface area contributed by atoms with Crippen LogP contribution in [0.2, 0.25) is 0 Å². The van der Waals surface area contributed by atoms with Crippen LogP contribution in [0.4, 0.5) is 0 Å². The normalized spacial score (nSPS) is 18.5. The Balaban J connectivity index is 1.44. The van der Waals surface area contributed by atoms with E-state index in [9.17, 15) is 0 Å². The Hall–Kier alpha value is -2.40. The van der Waals surface area contributed by atoms with Gasteiger partial charge >= 0.3 is 0 Å². The molecule has 1 atom stereocenters. The van der Waals surface area contributed by atoms with E-state index in [2.05, 4.69) is 33.4 Å². The molecule has 1 unspecified atom stereocenters. The topological polar surface area (TPSA) is 47.1 Å². The molecule has 0 spiro atoms. The second-order valence-electron chi connectivity index (χ2n) is 6.04. The smallest absolute Gasteiger partial charge is 0.151 e. The van der Waals surface area contributed by atoms with Gasteiger partial charge in [-0.25, -0.2) is 0 Å². The molecule has 2 aromatic heterocycles. The molecule has 0 amide bonds. The summed E-state index contributed by atoms with van der Waals surface area (Å²) in [5, 5.41) is 8.53. The van der Waals surface area contributed by atoms with Gasteiger partial charge in [0.05, 0.1) is 13.1 Å². The fourth-order valence-electron chi connectivity index (χ4n) is 3.27. The van der Waals surface area contributed by atoms with E-state index in [1.807, 2.05) is 41.3 Å². The van der Waals surface area contributed by atoms with Crippen LogP contribution in [0.15, 0.2) is 59.4 Å². The van der Waals surface area contributed by atoms with Gasteiger partial charge < -0.3 is 4.52 Å². The fourth-order valence-corrected chi connectivity index (χ4v) is 3.27. The first-order valence-corrected chi connectivity index (χ1v) is 8.11. The standard InChI is InChI=1S/C18H20N4O/c1-2-6-15(7-3-1)18-12-17(23-20-18)14-21-10-4-8-16(21)13-22-11-5-9-19-22/h1-3,5-7,9,11-12,16H,4,8,10,13-14H2. The molecule has 4 rings (SSSR count). The Morgan fingerprint density at radius 1 is 1.17 bits per heavy atom. The van der Waals surface area contributed by atoms with E-state index >= 15 is 0 Å². The average molecular weight is 308 g/mol. The zero-order chi connectivity index (χ0) is 15.5. The van der Waals surface area contributed by atoms with Gasteiger partial charge in [0, 0.05) is 30.1 Å². The maximum Gasteiger partial charge on any atom is 0.151 e. The SMILES string of the molecule is c1ccc(-c2cc(CN3CCCC3Cn3cccn3)on2)cc1. The second-order valence-corrected chi connectivity index (χ2v) is 6.04. The third-order valence-corrected chi connectivity index (χ3v) is 4.44. The van der Waals surface area contributed by atoms with Crippen LogP contribution < -0.4 is 0 Å². The highest BCUT2D eigenvalue weighted by atomic mass is 16.5. The third-order valence-electron chi connectivity index (χ3n) is 4.44. The first kappa shape index (κ1) is 14.2. The number of hydrogen-bond donors (Lipinski definition) is 0. The van der Waals surface area contributed by atoms with Crippen molar-refractivity contribution in [2.75, 3.05) is 6.54 Å². The molecule has 0 N–H and O–H groups in total. The molecular formula is C18H20N4O. The van der Waals surface area contributed by atoms with Crippen LogP contribution in [0, 0.1) is 0 Å². The summed E-state index contributed by atoms with van der Waals surface area (Å²) >= 11 is 0. The van der Waals surface area contributed by atoms with Gasteiger partial charge in [0.2, 0.25) is 0 Å². The first-order valence-electron chi connectivity index (χ1n) is 8.11. The van der Waals surface area contributed by atoms with Gasteiger partial charge in [0.25, 0.3) is 0 Å². The number of hydrogen-bond acceptors (Lipinski definition) is 4. The molecule has 0 aliphatic carbocycles. The lowest BCUT2D eigenvalue weighted by atomic mass is 10.1. The van der Waals surface area contributed by atoms with Crippen molar-refractivity contribution in [3.63, 3.8) is 0 Å². The summed E-state index contributed by atoms with van der Waals surface area (Å²) < 4.78 is 7.56. The van der Waals surface area contributed by atoms with Gasteiger partial charge in [0.15, 0.2) is 5.76 Å². The second kappa shape index (κ2) is 6.38. The largest absolute Gasteiger partial charge is 0.359 e. The Morgan fingerprint density at radius 3 is 2.91 bits per heavy atom. The highest BCUT2D eigenvalue weighted by Crippen LogP contribution is 2.24. The van der Waals surface area contributed by atoms with Gasteiger partial charge in [-0.1, -0.05) is 35.5 Å². The summed E-state index contributed by atoms with van der Waals surface area (Å²) in [7, 11) is 0. The van der Waals surface area contributed by atoms with Crippen molar-refractivity contribution in [2.24, 2.45) is 0 Å². The van der Waals surface area contributed by atoms with Gasteiger partial charge in [-0.05, 0) is 25.5 Å². The number of benzene rings is 1. The number of likely N-dealkylation sites (tertiary alicyclic amines) is 1. The van der Waals surface area contributed by atoms with E-state index < -0.39 is 0 Å². The molecule has 1 aromatic carbocycles. The van der Waals surface area contributed by atoms with Crippen LogP contribution in [-0.4, -0.2) is 32.4 Å². The van der Waals surface area contributed by atoms with Gasteiger partial charge in [0.1, 0.15) is 5.69 Å². The van der Waals surface area contributed by atoms with Crippen molar-refractivity contribution >= 4 is 0 Å². The molecule has 5 nitrogen and oxygen atoms in total. The minimum absolute atomic E-state index is 0.514. The molecule has 1 aliphatic heterocycles. The van der Waals surface area contributed by atoms with Crippen molar-refractivity contribution in [1.29, 1.82) is 0 Å². The molecule has 1 saturated heterocycles. The van der Waals surface area contributed by atoms with Crippen LogP contribution >= 0.6 is 0 Å². The lowest BCUT2D eigenvalue weighted by Crippen LogP contribution is -2.32. The molecule has 3 aromatic rings. The maximum atomic E-state index is 5.55. The summed E-state index contributed by atoms with van der Waals surface area (Å²) in [6.45, 7) is 2.85. The summed E-state index contributed by atoms with van der Waals surface area (Å²) in [5.74, 6) is 0.927. The minimum atomic E-state index is 0.514. The lowest BCUT2D eigenvalue weighted by molar-refractivity contribution is 0.195. The van der Waals surface area contributed by atoms with Crippen LogP contribution in [0.25, 0.3) is 11.3 Å². The predicted octanol–water partition coefficient (Wildman–Crippen LogP) is 3.20. The van der Waals surface area contributed by atoms with Gasteiger partial charge in [-0.2, -0.15) is 5.10 Å². The van der Waals surface area contributed by atoms with Crippen molar-refractivity contribution in [3.8, 4) is 11.3 Å². The molecule has 5 heteroatoms. The predicted molar refractivity (Wildman–Crippen MR) is 87.6 cm³/mol. The van der Waals surface area contributed by atoms with Crippen molar-refractivity contribution < 1.29 is 4.52 Å². The molecule has 1 aliphatic rings. The zero-order valence-corrected chi connectivity index (χ0v) is 13.0. The summed E-state index contributed by atoms with van der Waals surface area (Å²) in [5.41, 5.74) is 2.00. The Labute approximate surface area is 135 Å². The van der Waals surface area contributed by atoms with Gasteiger partial charge in [-0.15, -0.1) is 0 Å². The highest BCUT2D eigenvalue weighted by molar-refractivity contribution is 5.58. The molecule has 23 heavy (non-hydrogen) atoms. The summed E-state index contributed by atoms with van der Waals surface area (Å²) in [6.07, 6.45) is 6.30. The average Bonchev–Trinajstić information content (AvgIpc) is 3.33. The van der Waals surface area contributed by atoms with Crippen LogP contribution in [0.3, 0.4) is 0 Å². The third kappa shape index (κ3) is 3.19. The number of nitrogens with zero attached hydrogens (tertiary/aromatic N) is 4. The van der Waals surface area contributed by atoms with E-state index in [4.69, 9.17) is 4.52 Å². The van der Waals surface area contributed by atoms with E-state index in [-0.39, 0.29) is 0 Å². The fraction of sp³-hybridized carbons (Fsp3) is 0.333. The molecule has 3 heterocycles. The quantitative estimate of drug-likeness (QED) is 0.726. The van der Waals surface area contributed by atoms with E-state index in [1.54, 1.807) is 0 Å². The monoisotopic (exact) mass is 308 g/mol. The summed E-state index contributed by atoms with van der Waals surface area (Å²) in [4.78, 5) is 2.47. The number of aromatic nitrogens is 3. The zero-order valence-electron chi connectivity index (χ0n) is 13.0.